The normalized spacial score (nSPS) is 19.2. The Labute approximate surface area is 136 Å². The number of thioether (sulfide) groups is 1. The molecule has 2 aromatic rings. The maximum absolute atomic E-state index is 4.29. The summed E-state index contributed by atoms with van der Waals surface area (Å²) in [6, 6.07) is 8.34. The van der Waals surface area contributed by atoms with Crippen LogP contribution in [0.2, 0.25) is 0 Å². The zero-order chi connectivity index (χ0) is 15.4. The average molecular weight is 317 g/mol. The molecule has 118 valence electrons. The number of tetrazole rings is 1. The summed E-state index contributed by atoms with van der Waals surface area (Å²) in [6.45, 7) is 6.39. The molecule has 6 heteroatoms. The third-order valence-electron chi connectivity index (χ3n) is 4.04. The van der Waals surface area contributed by atoms with Crippen LogP contribution in [0.4, 0.5) is 5.95 Å². The Balaban J connectivity index is 1.85. The lowest BCUT2D eigenvalue weighted by molar-refractivity contribution is 0.729. The number of rotatable bonds is 4. The van der Waals surface area contributed by atoms with Crippen LogP contribution in [0.25, 0.3) is 5.69 Å². The zero-order valence-electron chi connectivity index (χ0n) is 13.3. The van der Waals surface area contributed by atoms with E-state index in [1.807, 2.05) is 4.68 Å². The molecule has 0 radical (unpaired) electrons. The molecule has 22 heavy (non-hydrogen) atoms. The predicted octanol–water partition coefficient (Wildman–Crippen LogP) is 3.08. The van der Waals surface area contributed by atoms with E-state index in [0.717, 1.165) is 24.7 Å². The van der Waals surface area contributed by atoms with Gasteiger partial charge in [-0.05, 0) is 48.1 Å². The van der Waals surface area contributed by atoms with Crippen molar-refractivity contribution in [3.63, 3.8) is 0 Å². The summed E-state index contributed by atoms with van der Waals surface area (Å²) in [5.41, 5.74) is 2.27. The Hall–Kier alpha value is -1.56. The summed E-state index contributed by atoms with van der Waals surface area (Å²) in [7, 11) is 0. The van der Waals surface area contributed by atoms with E-state index in [1.54, 1.807) is 0 Å². The Morgan fingerprint density at radius 3 is 2.82 bits per heavy atom. The molecule has 1 aliphatic rings. The van der Waals surface area contributed by atoms with Crippen LogP contribution in [0.5, 0.6) is 0 Å². The molecule has 1 atom stereocenters. The lowest BCUT2D eigenvalue weighted by Gasteiger charge is -2.24. The Morgan fingerprint density at radius 2 is 2.05 bits per heavy atom. The fourth-order valence-electron chi connectivity index (χ4n) is 2.89. The van der Waals surface area contributed by atoms with Crippen LogP contribution in [-0.4, -0.2) is 44.3 Å². The molecular weight excluding hydrogens is 294 g/mol. The molecule has 5 nitrogen and oxygen atoms in total. The molecule has 2 heterocycles. The van der Waals surface area contributed by atoms with E-state index in [4.69, 9.17) is 0 Å². The first kappa shape index (κ1) is 15.3. The second-order valence-electron chi connectivity index (χ2n) is 5.75. The first-order valence-corrected chi connectivity index (χ1v) is 9.04. The van der Waals surface area contributed by atoms with Crippen LogP contribution in [0.3, 0.4) is 0 Å². The second kappa shape index (κ2) is 7.13. The average Bonchev–Trinajstić information content (AvgIpc) is 2.89. The van der Waals surface area contributed by atoms with Gasteiger partial charge in [0, 0.05) is 18.3 Å². The molecule has 1 aromatic carbocycles. The van der Waals surface area contributed by atoms with Crippen molar-refractivity contribution in [3.8, 4) is 5.69 Å². The van der Waals surface area contributed by atoms with Crippen molar-refractivity contribution in [2.75, 3.05) is 23.7 Å². The number of anilines is 1. The third-order valence-corrected chi connectivity index (χ3v) is 5.23. The lowest BCUT2D eigenvalue weighted by atomic mass is 10.2. The first-order valence-electron chi connectivity index (χ1n) is 8.00. The Morgan fingerprint density at radius 1 is 1.23 bits per heavy atom. The monoisotopic (exact) mass is 317 g/mol. The molecule has 0 bridgehead atoms. The van der Waals surface area contributed by atoms with Crippen LogP contribution in [0, 0.1) is 6.92 Å². The van der Waals surface area contributed by atoms with Gasteiger partial charge in [-0.2, -0.15) is 16.4 Å². The second-order valence-corrected chi connectivity index (χ2v) is 7.32. The molecule has 0 amide bonds. The molecule has 1 saturated heterocycles. The highest BCUT2D eigenvalue weighted by molar-refractivity contribution is 7.99. The van der Waals surface area contributed by atoms with Crippen molar-refractivity contribution in [1.29, 1.82) is 0 Å². The minimum atomic E-state index is 0.677. The standard InChI is InChI=1S/C16H23N5S/c1-3-22-15-6-4-5-11-20(12-15)16-17-18-19-21(16)14-9-7-13(2)8-10-14/h7-10,15H,3-6,11-12H2,1-2H3. The molecule has 0 N–H and O–H groups in total. The highest BCUT2D eigenvalue weighted by Gasteiger charge is 2.22. The van der Waals surface area contributed by atoms with Gasteiger partial charge in [0.15, 0.2) is 0 Å². The summed E-state index contributed by atoms with van der Waals surface area (Å²) >= 11 is 2.05. The SMILES string of the molecule is CCSC1CCCCN(c2nnnn2-c2ccc(C)cc2)C1. The molecule has 3 rings (SSSR count). The van der Waals surface area contributed by atoms with Crippen LogP contribution >= 0.6 is 11.8 Å². The van der Waals surface area contributed by atoms with E-state index in [1.165, 1.54) is 30.6 Å². The van der Waals surface area contributed by atoms with Gasteiger partial charge in [0.1, 0.15) is 0 Å². The number of aromatic nitrogens is 4. The van der Waals surface area contributed by atoms with E-state index >= 15 is 0 Å². The van der Waals surface area contributed by atoms with Gasteiger partial charge in [0.25, 0.3) is 0 Å². The quantitative estimate of drug-likeness (QED) is 0.867. The van der Waals surface area contributed by atoms with E-state index in [9.17, 15) is 0 Å². The highest BCUT2D eigenvalue weighted by atomic mass is 32.2. The fourth-order valence-corrected chi connectivity index (χ4v) is 3.98. The highest BCUT2D eigenvalue weighted by Crippen LogP contribution is 2.25. The van der Waals surface area contributed by atoms with E-state index < -0.39 is 0 Å². The molecule has 1 aromatic heterocycles. The first-order chi connectivity index (χ1) is 10.8. The van der Waals surface area contributed by atoms with Gasteiger partial charge in [0.05, 0.1) is 5.69 Å². The molecule has 1 fully saturated rings. The van der Waals surface area contributed by atoms with Crippen LogP contribution in [-0.2, 0) is 0 Å². The van der Waals surface area contributed by atoms with Crippen molar-refractivity contribution >= 4 is 17.7 Å². The van der Waals surface area contributed by atoms with Gasteiger partial charge in [0.2, 0.25) is 5.95 Å². The smallest absolute Gasteiger partial charge is 0.250 e. The molecule has 0 aliphatic carbocycles. The Kier molecular flexibility index (Phi) is 4.97. The van der Waals surface area contributed by atoms with Crippen LogP contribution in [0.15, 0.2) is 24.3 Å². The van der Waals surface area contributed by atoms with E-state index in [2.05, 4.69) is 70.3 Å². The number of aryl methyl sites for hydroxylation is 1. The van der Waals surface area contributed by atoms with Crippen LogP contribution < -0.4 is 4.90 Å². The molecular formula is C16H23N5S. The molecule has 0 spiro atoms. The minimum absolute atomic E-state index is 0.677. The summed E-state index contributed by atoms with van der Waals surface area (Å²) in [5.74, 6) is 2.04. The fraction of sp³-hybridized carbons (Fsp3) is 0.562. The maximum atomic E-state index is 4.29. The summed E-state index contributed by atoms with van der Waals surface area (Å²) in [5, 5.41) is 13.1. The number of benzene rings is 1. The summed E-state index contributed by atoms with van der Waals surface area (Å²) in [6.07, 6.45) is 3.79. The lowest BCUT2D eigenvalue weighted by Crippen LogP contribution is -2.32. The molecule has 0 saturated carbocycles. The topological polar surface area (TPSA) is 46.8 Å². The van der Waals surface area contributed by atoms with Crippen LogP contribution in [0.1, 0.15) is 31.7 Å². The van der Waals surface area contributed by atoms with Gasteiger partial charge < -0.3 is 4.90 Å². The number of hydrogen-bond donors (Lipinski definition) is 0. The maximum Gasteiger partial charge on any atom is 0.250 e. The number of nitrogens with zero attached hydrogens (tertiary/aromatic N) is 5. The van der Waals surface area contributed by atoms with Gasteiger partial charge in [-0.1, -0.05) is 36.1 Å². The minimum Gasteiger partial charge on any atom is -0.338 e. The van der Waals surface area contributed by atoms with E-state index in [0.29, 0.717) is 5.25 Å². The van der Waals surface area contributed by atoms with Crippen molar-refractivity contribution in [2.24, 2.45) is 0 Å². The molecule has 1 unspecified atom stereocenters. The largest absolute Gasteiger partial charge is 0.338 e. The van der Waals surface area contributed by atoms with Crippen molar-refractivity contribution in [3.05, 3.63) is 29.8 Å². The van der Waals surface area contributed by atoms with Gasteiger partial charge in [-0.25, -0.2) is 0 Å². The van der Waals surface area contributed by atoms with Crippen molar-refractivity contribution in [2.45, 2.75) is 38.4 Å². The summed E-state index contributed by atoms with van der Waals surface area (Å²) in [4.78, 5) is 2.35. The predicted molar refractivity (Wildman–Crippen MR) is 91.9 cm³/mol. The van der Waals surface area contributed by atoms with Crippen molar-refractivity contribution in [1.82, 2.24) is 20.2 Å². The number of hydrogen-bond acceptors (Lipinski definition) is 5. The van der Waals surface area contributed by atoms with Gasteiger partial charge in [-0.3, -0.25) is 0 Å². The Bertz CT molecular complexity index is 595. The van der Waals surface area contributed by atoms with Gasteiger partial charge in [-0.15, -0.1) is 0 Å². The zero-order valence-corrected chi connectivity index (χ0v) is 14.1. The third kappa shape index (κ3) is 3.43. The summed E-state index contributed by atoms with van der Waals surface area (Å²) < 4.78 is 1.86. The van der Waals surface area contributed by atoms with Gasteiger partial charge >= 0.3 is 0 Å². The molecule has 1 aliphatic heterocycles. The van der Waals surface area contributed by atoms with Crippen molar-refractivity contribution < 1.29 is 0 Å². The van der Waals surface area contributed by atoms with E-state index in [-0.39, 0.29) is 0 Å².